The molecule has 0 bridgehead atoms. The van der Waals surface area contributed by atoms with Crippen molar-refractivity contribution in [1.82, 2.24) is 4.90 Å². The molecule has 0 radical (unpaired) electrons. The zero-order valence-electron chi connectivity index (χ0n) is 12.3. The molecule has 0 aromatic carbocycles. The van der Waals surface area contributed by atoms with Crippen LogP contribution in [0, 0.1) is 0 Å². The molecule has 1 aliphatic heterocycles. The molecule has 0 aromatic heterocycles. The molecule has 1 saturated heterocycles. The lowest BCUT2D eigenvalue weighted by molar-refractivity contribution is -0.175. The van der Waals surface area contributed by atoms with Gasteiger partial charge in [-0.25, -0.2) is 9.59 Å². The van der Waals surface area contributed by atoms with E-state index in [1.54, 1.807) is 20.8 Å². The normalized spacial score (nSPS) is 25.8. The second kappa shape index (κ2) is 5.24. The summed E-state index contributed by atoms with van der Waals surface area (Å²) in [6.45, 7) is 5.93. The van der Waals surface area contributed by atoms with Gasteiger partial charge in [-0.1, -0.05) is 12.8 Å². The summed E-state index contributed by atoms with van der Waals surface area (Å²) in [5, 5.41) is 9.55. The second-order valence-electron chi connectivity index (χ2n) is 6.53. The Balaban J connectivity index is 2.22. The first-order chi connectivity index (χ1) is 9.25. The van der Waals surface area contributed by atoms with Gasteiger partial charge in [-0.15, -0.1) is 0 Å². The Morgan fingerprint density at radius 2 is 1.90 bits per heavy atom. The van der Waals surface area contributed by atoms with Gasteiger partial charge in [0, 0.05) is 6.54 Å². The molecule has 1 amide bonds. The summed E-state index contributed by atoms with van der Waals surface area (Å²) < 4.78 is 11.1. The summed E-state index contributed by atoms with van der Waals surface area (Å²) in [6, 6.07) is -0.950. The zero-order chi connectivity index (χ0) is 15.0. The van der Waals surface area contributed by atoms with Crippen molar-refractivity contribution in [2.45, 2.75) is 63.7 Å². The maximum Gasteiger partial charge on any atom is 0.411 e. The van der Waals surface area contributed by atoms with Crippen LogP contribution in [-0.4, -0.2) is 52.5 Å². The molecule has 1 saturated carbocycles. The van der Waals surface area contributed by atoms with Gasteiger partial charge in [-0.2, -0.15) is 0 Å². The van der Waals surface area contributed by atoms with E-state index in [9.17, 15) is 14.7 Å². The number of rotatable bonds is 1. The van der Waals surface area contributed by atoms with Crippen LogP contribution in [0.3, 0.4) is 0 Å². The van der Waals surface area contributed by atoms with Crippen LogP contribution in [0.4, 0.5) is 4.79 Å². The van der Waals surface area contributed by atoms with E-state index in [0.29, 0.717) is 19.4 Å². The molecule has 2 aliphatic rings. The van der Waals surface area contributed by atoms with Crippen molar-refractivity contribution in [2.75, 3.05) is 13.2 Å². The summed E-state index contributed by atoms with van der Waals surface area (Å²) >= 11 is 0. The summed E-state index contributed by atoms with van der Waals surface area (Å²) in [7, 11) is 0. The lowest BCUT2D eigenvalue weighted by Gasteiger charge is -2.45. The monoisotopic (exact) mass is 285 g/mol. The van der Waals surface area contributed by atoms with Crippen molar-refractivity contribution in [2.24, 2.45) is 0 Å². The number of ether oxygens (including phenoxy) is 2. The molecule has 114 valence electrons. The van der Waals surface area contributed by atoms with Crippen LogP contribution < -0.4 is 0 Å². The van der Waals surface area contributed by atoms with E-state index in [1.165, 1.54) is 4.90 Å². The SMILES string of the molecule is CC(C)(C)OC(=O)N1CCOC2(CCCC2)C1C(=O)O. The molecular weight excluding hydrogens is 262 g/mol. The minimum Gasteiger partial charge on any atom is -0.480 e. The van der Waals surface area contributed by atoms with Crippen LogP contribution in [0.15, 0.2) is 0 Å². The smallest absolute Gasteiger partial charge is 0.411 e. The van der Waals surface area contributed by atoms with Crippen molar-refractivity contribution < 1.29 is 24.2 Å². The maximum absolute atomic E-state index is 12.3. The van der Waals surface area contributed by atoms with Crippen molar-refractivity contribution in [1.29, 1.82) is 0 Å². The van der Waals surface area contributed by atoms with E-state index in [0.717, 1.165) is 12.8 Å². The fourth-order valence-corrected chi connectivity index (χ4v) is 3.11. The number of hydrogen-bond acceptors (Lipinski definition) is 4. The van der Waals surface area contributed by atoms with Crippen LogP contribution in [0.2, 0.25) is 0 Å². The predicted molar refractivity (Wildman–Crippen MR) is 71.5 cm³/mol. The number of carboxylic acid groups (broad SMARTS) is 1. The minimum atomic E-state index is -1.02. The van der Waals surface area contributed by atoms with Gasteiger partial charge in [0.2, 0.25) is 0 Å². The van der Waals surface area contributed by atoms with E-state index >= 15 is 0 Å². The quantitative estimate of drug-likeness (QED) is 0.797. The number of hydrogen-bond donors (Lipinski definition) is 1. The Morgan fingerprint density at radius 3 is 2.40 bits per heavy atom. The van der Waals surface area contributed by atoms with Gasteiger partial charge in [0.25, 0.3) is 0 Å². The van der Waals surface area contributed by atoms with Gasteiger partial charge in [-0.3, -0.25) is 4.90 Å². The van der Waals surface area contributed by atoms with Crippen molar-refractivity contribution in [3.05, 3.63) is 0 Å². The first kappa shape index (κ1) is 15.1. The minimum absolute atomic E-state index is 0.258. The number of carbonyl (C=O) groups excluding carboxylic acids is 1. The Morgan fingerprint density at radius 1 is 1.30 bits per heavy atom. The van der Waals surface area contributed by atoms with Crippen LogP contribution in [-0.2, 0) is 14.3 Å². The van der Waals surface area contributed by atoms with Gasteiger partial charge in [0.1, 0.15) is 5.60 Å². The summed E-state index contributed by atoms with van der Waals surface area (Å²) in [5.41, 5.74) is -1.37. The molecule has 1 N–H and O–H groups in total. The lowest BCUT2D eigenvalue weighted by atomic mass is 9.89. The third kappa shape index (κ3) is 2.90. The zero-order valence-corrected chi connectivity index (χ0v) is 12.3. The molecule has 1 heterocycles. The molecular formula is C14H23NO5. The highest BCUT2D eigenvalue weighted by molar-refractivity contribution is 5.82. The first-order valence-electron chi connectivity index (χ1n) is 7.12. The second-order valence-corrected chi connectivity index (χ2v) is 6.53. The lowest BCUT2D eigenvalue weighted by Crippen LogP contribution is -2.64. The summed E-state index contributed by atoms with van der Waals surface area (Å²) in [5.74, 6) is -1.02. The Kier molecular flexibility index (Phi) is 3.95. The van der Waals surface area contributed by atoms with E-state index in [-0.39, 0.29) is 6.54 Å². The van der Waals surface area contributed by atoms with E-state index in [2.05, 4.69) is 0 Å². The molecule has 0 aromatic rings. The van der Waals surface area contributed by atoms with Gasteiger partial charge in [0.05, 0.1) is 12.2 Å². The Labute approximate surface area is 119 Å². The van der Waals surface area contributed by atoms with Crippen LogP contribution in [0.5, 0.6) is 0 Å². The predicted octanol–water partition coefficient (Wildman–Crippen LogP) is 2.02. The van der Waals surface area contributed by atoms with Crippen LogP contribution >= 0.6 is 0 Å². The van der Waals surface area contributed by atoms with Crippen LogP contribution in [0.1, 0.15) is 46.5 Å². The van der Waals surface area contributed by atoms with E-state index in [1.807, 2.05) is 0 Å². The maximum atomic E-state index is 12.3. The highest BCUT2D eigenvalue weighted by Gasteiger charge is 2.53. The van der Waals surface area contributed by atoms with Crippen molar-refractivity contribution in [3.63, 3.8) is 0 Å². The molecule has 1 aliphatic carbocycles. The first-order valence-corrected chi connectivity index (χ1v) is 7.12. The van der Waals surface area contributed by atoms with Gasteiger partial charge in [-0.05, 0) is 33.6 Å². The van der Waals surface area contributed by atoms with E-state index in [4.69, 9.17) is 9.47 Å². The van der Waals surface area contributed by atoms with Crippen LogP contribution in [0.25, 0.3) is 0 Å². The molecule has 1 atom stereocenters. The number of aliphatic carboxylic acids is 1. The van der Waals surface area contributed by atoms with E-state index < -0.39 is 29.3 Å². The van der Waals surface area contributed by atoms with Gasteiger partial charge < -0.3 is 14.6 Å². The average Bonchev–Trinajstić information content (AvgIpc) is 2.74. The molecule has 20 heavy (non-hydrogen) atoms. The highest BCUT2D eigenvalue weighted by atomic mass is 16.6. The summed E-state index contributed by atoms with van der Waals surface area (Å²) in [4.78, 5) is 25.2. The number of carbonyl (C=O) groups is 2. The third-order valence-electron chi connectivity index (χ3n) is 3.84. The van der Waals surface area contributed by atoms with Crippen molar-refractivity contribution >= 4 is 12.1 Å². The molecule has 6 heteroatoms. The fourth-order valence-electron chi connectivity index (χ4n) is 3.11. The Hall–Kier alpha value is -1.30. The third-order valence-corrected chi connectivity index (χ3v) is 3.84. The number of amides is 1. The number of morpholine rings is 1. The van der Waals surface area contributed by atoms with Gasteiger partial charge in [0.15, 0.2) is 6.04 Å². The standard InChI is InChI=1S/C14H23NO5/c1-13(2,3)20-12(18)15-8-9-19-14(6-4-5-7-14)10(15)11(16)17/h10H,4-9H2,1-3H3,(H,16,17). The largest absolute Gasteiger partial charge is 0.480 e. The average molecular weight is 285 g/mol. The highest BCUT2D eigenvalue weighted by Crippen LogP contribution is 2.40. The van der Waals surface area contributed by atoms with Gasteiger partial charge >= 0.3 is 12.1 Å². The molecule has 1 unspecified atom stereocenters. The fraction of sp³-hybridized carbons (Fsp3) is 0.857. The number of carboxylic acids is 1. The molecule has 6 nitrogen and oxygen atoms in total. The molecule has 2 rings (SSSR count). The Bertz CT molecular complexity index is 395. The topological polar surface area (TPSA) is 76.1 Å². The van der Waals surface area contributed by atoms with Crippen molar-refractivity contribution in [3.8, 4) is 0 Å². The summed E-state index contributed by atoms with van der Waals surface area (Å²) in [6.07, 6.45) is 2.67. The molecule has 1 spiro atoms. The molecule has 2 fully saturated rings. The number of nitrogens with zero attached hydrogens (tertiary/aromatic N) is 1.